The molecule has 2 aromatic heterocycles. The van der Waals surface area contributed by atoms with Crippen LogP contribution in [0.1, 0.15) is 42.5 Å². The lowest BCUT2D eigenvalue weighted by Crippen LogP contribution is -2.34. The molecule has 9 heteroatoms. The molecule has 0 radical (unpaired) electrons. The highest BCUT2D eigenvalue weighted by atomic mass is 16.3. The Morgan fingerprint density at radius 1 is 1.12 bits per heavy atom. The minimum Gasteiger partial charge on any atom is -0.494 e. The van der Waals surface area contributed by atoms with Crippen LogP contribution in [0.2, 0.25) is 0 Å². The van der Waals surface area contributed by atoms with Crippen LogP contribution in [0.15, 0.2) is 75.5 Å². The number of benzene rings is 2. The first-order valence-corrected chi connectivity index (χ1v) is 11.0. The Bertz CT molecular complexity index is 1530. The first-order valence-electron chi connectivity index (χ1n) is 11.0. The molecule has 4 aromatic rings. The van der Waals surface area contributed by atoms with Crippen LogP contribution < -0.4 is 11.2 Å². The number of hydrogen-bond acceptors (Lipinski definition) is 5. The van der Waals surface area contributed by atoms with Gasteiger partial charge in [-0.25, -0.2) is 9.80 Å². The van der Waals surface area contributed by atoms with Gasteiger partial charge in [0.2, 0.25) is 11.8 Å². The minimum atomic E-state index is -0.742. The number of nitrogens with zero attached hydrogens (tertiary/aromatic N) is 3. The zero-order valence-electron chi connectivity index (χ0n) is 18.5. The van der Waals surface area contributed by atoms with Crippen molar-refractivity contribution in [3.8, 4) is 5.88 Å². The van der Waals surface area contributed by atoms with Gasteiger partial charge in [0.25, 0.3) is 5.56 Å². The van der Waals surface area contributed by atoms with Crippen molar-refractivity contribution in [2.75, 3.05) is 0 Å². The van der Waals surface area contributed by atoms with Gasteiger partial charge in [0, 0.05) is 35.5 Å². The maximum absolute atomic E-state index is 12.8. The molecule has 1 aliphatic heterocycles. The van der Waals surface area contributed by atoms with E-state index in [0.717, 1.165) is 26.6 Å². The second kappa shape index (κ2) is 8.51. The molecule has 1 aliphatic rings. The molecule has 0 unspecified atom stereocenters. The lowest BCUT2D eigenvalue weighted by atomic mass is 9.98. The molecule has 0 bridgehead atoms. The number of hydrogen-bond donors (Lipinski definition) is 3. The number of aromatic hydroxyl groups is 1. The van der Waals surface area contributed by atoms with Crippen LogP contribution in [-0.2, 0) is 11.3 Å². The van der Waals surface area contributed by atoms with Crippen molar-refractivity contribution in [3.63, 3.8) is 0 Å². The number of rotatable bonds is 5. The quantitative estimate of drug-likeness (QED) is 0.426. The molecule has 0 fully saturated rings. The molecule has 0 aliphatic carbocycles. The molecule has 0 saturated carbocycles. The van der Waals surface area contributed by atoms with Gasteiger partial charge in [0.15, 0.2) is 0 Å². The molecule has 172 valence electrons. The predicted molar refractivity (Wildman–Crippen MR) is 128 cm³/mol. The van der Waals surface area contributed by atoms with Gasteiger partial charge in [-0.15, -0.1) is 0 Å². The van der Waals surface area contributed by atoms with Crippen LogP contribution in [0.25, 0.3) is 10.9 Å². The van der Waals surface area contributed by atoms with Crippen molar-refractivity contribution >= 4 is 22.5 Å². The summed E-state index contributed by atoms with van der Waals surface area (Å²) < 4.78 is 1.10. The van der Waals surface area contributed by atoms with Crippen molar-refractivity contribution in [1.29, 1.82) is 0 Å². The van der Waals surface area contributed by atoms with E-state index in [9.17, 15) is 19.5 Å². The van der Waals surface area contributed by atoms with Crippen LogP contribution in [0.3, 0.4) is 0 Å². The van der Waals surface area contributed by atoms with E-state index in [0.29, 0.717) is 0 Å². The van der Waals surface area contributed by atoms with Crippen LogP contribution in [0.4, 0.5) is 0 Å². The number of fused-ring (bicyclic) bond motifs is 1. The zero-order chi connectivity index (χ0) is 23.8. The standard InChI is InChI=1S/C25H23N5O4/c1-2-21(31)30-20(17-13-26-18-11-7-6-10-16(17)18)12-19(28-30)22-23(32)27-25(34)29(24(22)33)14-15-8-4-3-5-9-15/h3-11,13,20,26,33H,2,12,14H2,1H3,(H,27,32,34)/t20-/m1/s1. The van der Waals surface area contributed by atoms with Gasteiger partial charge in [0.1, 0.15) is 5.56 Å². The summed E-state index contributed by atoms with van der Waals surface area (Å²) in [6.07, 6.45) is 2.28. The van der Waals surface area contributed by atoms with E-state index in [-0.39, 0.29) is 36.6 Å². The van der Waals surface area contributed by atoms with Crippen molar-refractivity contribution in [2.45, 2.75) is 32.4 Å². The number of aromatic nitrogens is 3. The molecular weight excluding hydrogens is 434 g/mol. The summed E-state index contributed by atoms with van der Waals surface area (Å²) in [7, 11) is 0. The Morgan fingerprint density at radius 3 is 2.62 bits per heavy atom. The third kappa shape index (κ3) is 3.61. The second-order valence-electron chi connectivity index (χ2n) is 8.18. The van der Waals surface area contributed by atoms with Gasteiger partial charge >= 0.3 is 5.69 Å². The third-order valence-corrected chi connectivity index (χ3v) is 6.09. The molecule has 3 heterocycles. The van der Waals surface area contributed by atoms with Gasteiger partial charge in [0.05, 0.1) is 18.3 Å². The van der Waals surface area contributed by atoms with Gasteiger partial charge in [-0.2, -0.15) is 5.10 Å². The molecule has 9 nitrogen and oxygen atoms in total. The molecule has 1 amide bonds. The fraction of sp³-hybridized carbons (Fsp3) is 0.200. The van der Waals surface area contributed by atoms with Gasteiger partial charge in [-0.3, -0.25) is 19.1 Å². The number of para-hydroxylation sites is 1. The summed E-state index contributed by atoms with van der Waals surface area (Å²) >= 11 is 0. The molecule has 3 N–H and O–H groups in total. The normalized spacial score (nSPS) is 15.6. The number of hydrazone groups is 1. The average molecular weight is 457 g/mol. The van der Waals surface area contributed by atoms with E-state index in [2.05, 4.69) is 15.1 Å². The lowest BCUT2D eigenvalue weighted by molar-refractivity contribution is -0.132. The maximum atomic E-state index is 12.8. The number of H-pyrrole nitrogens is 2. The van der Waals surface area contributed by atoms with E-state index in [4.69, 9.17) is 0 Å². The van der Waals surface area contributed by atoms with Crippen LogP contribution in [0, 0.1) is 0 Å². The van der Waals surface area contributed by atoms with Gasteiger partial charge in [-0.1, -0.05) is 55.5 Å². The van der Waals surface area contributed by atoms with Gasteiger partial charge in [-0.05, 0) is 11.6 Å². The highest BCUT2D eigenvalue weighted by Gasteiger charge is 2.36. The van der Waals surface area contributed by atoms with E-state index < -0.39 is 23.2 Å². The summed E-state index contributed by atoms with van der Waals surface area (Å²) in [5, 5.41) is 17.8. The summed E-state index contributed by atoms with van der Waals surface area (Å²) in [6, 6.07) is 16.4. The maximum Gasteiger partial charge on any atom is 0.331 e. The first kappa shape index (κ1) is 21.4. The zero-order valence-corrected chi connectivity index (χ0v) is 18.5. The Labute approximate surface area is 194 Å². The topological polar surface area (TPSA) is 124 Å². The number of nitrogens with one attached hydrogen (secondary N) is 2. The Kier molecular flexibility index (Phi) is 5.37. The van der Waals surface area contributed by atoms with E-state index in [1.165, 1.54) is 5.01 Å². The Balaban J connectivity index is 1.59. The smallest absolute Gasteiger partial charge is 0.331 e. The lowest BCUT2D eigenvalue weighted by Gasteiger charge is -2.20. The van der Waals surface area contributed by atoms with Crippen molar-refractivity contribution in [3.05, 3.63) is 98.3 Å². The van der Waals surface area contributed by atoms with E-state index >= 15 is 0 Å². The Hall–Kier alpha value is -4.40. The van der Waals surface area contributed by atoms with Crippen molar-refractivity contribution in [1.82, 2.24) is 19.5 Å². The van der Waals surface area contributed by atoms with E-state index in [1.807, 2.05) is 60.8 Å². The number of carbonyl (C=O) groups excluding carboxylic acids is 1. The summed E-state index contributed by atoms with van der Waals surface area (Å²) in [6.45, 7) is 1.82. The summed E-state index contributed by atoms with van der Waals surface area (Å²) in [5.41, 5.74) is 1.25. The third-order valence-electron chi connectivity index (χ3n) is 6.09. The van der Waals surface area contributed by atoms with Crippen molar-refractivity contribution in [2.24, 2.45) is 5.10 Å². The SMILES string of the molecule is CCC(=O)N1N=C(c2c(O)n(Cc3ccccc3)c(=O)[nH]c2=O)C[C@@H]1c1c[nH]c2ccccc12. The van der Waals surface area contributed by atoms with Crippen LogP contribution in [0.5, 0.6) is 5.88 Å². The monoisotopic (exact) mass is 457 g/mol. The molecular formula is C25H23N5O4. The number of aromatic amines is 2. The molecule has 2 aromatic carbocycles. The van der Waals surface area contributed by atoms with Gasteiger partial charge < -0.3 is 10.1 Å². The highest BCUT2D eigenvalue weighted by molar-refractivity contribution is 6.05. The molecule has 34 heavy (non-hydrogen) atoms. The number of carbonyl (C=O) groups is 1. The molecule has 1 atom stereocenters. The molecule has 0 saturated heterocycles. The summed E-state index contributed by atoms with van der Waals surface area (Å²) in [5.74, 6) is -0.682. The van der Waals surface area contributed by atoms with Crippen molar-refractivity contribution < 1.29 is 9.90 Å². The van der Waals surface area contributed by atoms with Crippen LogP contribution >= 0.6 is 0 Å². The first-order chi connectivity index (χ1) is 16.5. The largest absolute Gasteiger partial charge is 0.494 e. The predicted octanol–water partition coefficient (Wildman–Crippen LogP) is 2.86. The number of amides is 1. The molecule has 0 spiro atoms. The summed E-state index contributed by atoms with van der Waals surface area (Å²) in [4.78, 5) is 43.5. The second-order valence-corrected chi connectivity index (χ2v) is 8.18. The average Bonchev–Trinajstić information content (AvgIpc) is 3.46. The highest BCUT2D eigenvalue weighted by Crippen LogP contribution is 2.37. The Morgan fingerprint density at radius 2 is 1.85 bits per heavy atom. The fourth-order valence-corrected chi connectivity index (χ4v) is 4.40. The molecule has 5 rings (SSSR count). The van der Waals surface area contributed by atoms with E-state index in [1.54, 1.807) is 6.92 Å². The van der Waals surface area contributed by atoms with Crippen LogP contribution in [-0.4, -0.2) is 36.3 Å². The minimum absolute atomic E-state index is 0.0754. The fourth-order valence-electron chi connectivity index (χ4n) is 4.40.